The van der Waals surface area contributed by atoms with Crippen molar-refractivity contribution in [3.63, 3.8) is 0 Å². The van der Waals surface area contributed by atoms with Crippen molar-refractivity contribution in [2.75, 3.05) is 0 Å². The molecule has 0 heterocycles. The van der Waals surface area contributed by atoms with Gasteiger partial charge in [0.05, 0.1) is 6.57 Å². The summed E-state index contributed by atoms with van der Waals surface area (Å²) in [5, 5.41) is 0.695. The van der Waals surface area contributed by atoms with Gasteiger partial charge in [-0.25, -0.2) is 4.85 Å². The molecule has 2 aromatic rings. The van der Waals surface area contributed by atoms with Gasteiger partial charge in [0, 0.05) is 15.1 Å². The first kappa shape index (κ1) is 11.2. The molecule has 16 heavy (non-hydrogen) atoms. The number of benzene rings is 2. The van der Waals surface area contributed by atoms with Crippen molar-refractivity contribution in [1.82, 2.24) is 0 Å². The monoisotopic (exact) mass is 291 g/mol. The first-order valence-electron chi connectivity index (χ1n) is 4.64. The maximum atomic E-state index is 7.15. The van der Waals surface area contributed by atoms with Crippen LogP contribution in [-0.4, -0.2) is 0 Å². The minimum absolute atomic E-state index is 0.636. The van der Waals surface area contributed by atoms with Crippen molar-refractivity contribution in [1.29, 1.82) is 0 Å². The lowest BCUT2D eigenvalue weighted by Crippen LogP contribution is -1.80. The Labute approximate surface area is 108 Å². The van der Waals surface area contributed by atoms with Gasteiger partial charge in [0.15, 0.2) is 5.69 Å². The third-order valence-electron chi connectivity index (χ3n) is 2.24. The summed E-state index contributed by atoms with van der Waals surface area (Å²) in [4.78, 5) is 3.52. The number of hydrogen-bond donors (Lipinski definition) is 0. The Kier molecular flexibility index (Phi) is 3.28. The maximum Gasteiger partial charge on any atom is 0.196 e. The standard InChI is InChI=1S/C13H7BrClN/c1-16-12-4-2-3-11(14)13(12)9-5-7-10(15)8-6-9/h2-8H. The van der Waals surface area contributed by atoms with Crippen molar-refractivity contribution >= 4 is 33.2 Å². The lowest BCUT2D eigenvalue weighted by Gasteiger charge is -2.07. The molecule has 2 aromatic carbocycles. The lowest BCUT2D eigenvalue weighted by molar-refractivity contribution is 1.59. The molecule has 78 valence electrons. The molecular formula is C13H7BrClN. The van der Waals surface area contributed by atoms with E-state index in [-0.39, 0.29) is 0 Å². The van der Waals surface area contributed by atoms with Gasteiger partial charge in [-0.2, -0.15) is 0 Å². The Bertz CT molecular complexity index is 555. The molecule has 0 saturated heterocycles. The largest absolute Gasteiger partial charge is 0.237 e. The molecule has 0 amide bonds. The molecular weight excluding hydrogens is 286 g/mol. The Morgan fingerprint density at radius 1 is 1.06 bits per heavy atom. The number of rotatable bonds is 1. The zero-order valence-corrected chi connectivity index (χ0v) is 10.6. The van der Waals surface area contributed by atoms with Crippen LogP contribution in [0.4, 0.5) is 5.69 Å². The summed E-state index contributed by atoms with van der Waals surface area (Å²) in [6, 6.07) is 13.1. The third kappa shape index (κ3) is 2.11. The maximum absolute atomic E-state index is 7.15. The van der Waals surface area contributed by atoms with Crippen LogP contribution >= 0.6 is 27.5 Å². The number of nitrogens with zero attached hydrogens (tertiary/aromatic N) is 1. The van der Waals surface area contributed by atoms with Gasteiger partial charge in [-0.3, -0.25) is 0 Å². The van der Waals surface area contributed by atoms with Crippen LogP contribution < -0.4 is 0 Å². The molecule has 0 aliphatic carbocycles. The molecule has 3 heteroatoms. The molecule has 0 N–H and O–H groups in total. The van der Waals surface area contributed by atoms with Gasteiger partial charge in [0.1, 0.15) is 0 Å². The number of halogens is 2. The van der Waals surface area contributed by atoms with E-state index in [1.165, 1.54) is 0 Å². The molecule has 0 radical (unpaired) electrons. The van der Waals surface area contributed by atoms with Gasteiger partial charge >= 0.3 is 0 Å². The van der Waals surface area contributed by atoms with Crippen LogP contribution in [-0.2, 0) is 0 Å². The van der Waals surface area contributed by atoms with E-state index in [2.05, 4.69) is 20.8 Å². The van der Waals surface area contributed by atoms with Crippen LogP contribution in [0.15, 0.2) is 46.9 Å². The van der Waals surface area contributed by atoms with E-state index in [0.717, 1.165) is 15.6 Å². The fourth-order valence-electron chi connectivity index (χ4n) is 1.51. The third-order valence-corrected chi connectivity index (χ3v) is 3.16. The summed E-state index contributed by atoms with van der Waals surface area (Å²) in [6.45, 7) is 7.15. The van der Waals surface area contributed by atoms with Crippen molar-refractivity contribution in [2.24, 2.45) is 0 Å². The van der Waals surface area contributed by atoms with E-state index in [0.29, 0.717) is 10.7 Å². The fourth-order valence-corrected chi connectivity index (χ4v) is 2.22. The normalized spacial score (nSPS) is 9.81. The molecule has 0 aromatic heterocycles. The topological polar surface area (TPSA) is 4.36 Å². The summed E-state index contributed by atoms with van der Waals surface area (Å²) in [6.07, 6.45) is 0. The van der Waals surface area contributed by atoms with Gasteiger partial charge in [-0.1, -0.05) is 51.8 Å². The van der Waals surface area contributed by atoms with E-state index in [1.54, 1.807) is 0 Å². The van der Waals surface area contributed by atoms with E-state index in [1.807, 2.05) is 42.5 Å². The highest BCUT2D eigenvalue weighted by atomic mass is 79.9. The van der Waals surface area contributed by atoms with Crippen LogP contribution in [0, 0.1) is 6.57 Å². The molecule has 0 atom stereocenters. The highest BCUT2D eigenvalue weighted by Gasteiger charge is 2.08. The van der Waals surface area contributed by atoms with E-state index in [4.69, 9.17) is 18.2 Å². The molecule has 2 rings (SSSR count). The predicted molar refractivity (Wildman–Crippen MR) is 70.9 cm³/mol. The second kappa shape index (κ2) is 4.69. The summed E-state index contributed by atoms with van der Waals surface area (Å²) in [5.41, 5.74) is 2.54. The zero-order chi connectivity index (χ0) is 11.5. The van der Waals surface area contributed by atoms with Crippen LogP contribution in [0.1, 0.15) is 0 Å². The van der Waals surface area contributed by atoms with Crippen molar-refractivity contribution in [2.45, 2.75) is 0 Å². The molecule has 0 aliphatic heterocycles. The molecule has 0 bridgehead atoms. The average Bonchev–Trinajstić information content (AvgIpc) is 2.30. The van der Waals surface area contributed by atoms with Gasteiger partial charge < -0.3 is 0 Å². The molecule has 0 unspecified atom stereocenters. The lowest BCUT2D eigenvalue weighted by atomic mass is 10.0. The first-order chi connectivity index (χ1) is 7.72. The smallest absolute Gasteiger partial charge is 0.196 e. The highest BCUT2D eigenvalue weighted by molar-refractivity contribution is 9.10. The van der Waals surface area contributed by atoms with Gasteiger partial charge in [0.25, 0.3) is 0 Å². The van der Waals surface area contributed by atoms with E-state index >= 15 is 0 Å². The zero-order valence-electron chi connectivity index (χ0n) is 8.24. The fraction of sp³-hybridized carbons (Fsp3) is 0. The number of hydrogen-bond acceptors (Lipinski definition) is 0. The molecule has 0 spiro atoms. The Balaban J connectivity index is 2.64. The van der Waals surface area contributed by atoms with Gasteiger partial charge in [-0.15, -0.1) is 0 Å². The molecule has 0 fully saturated rings. The second-order valence-corrected chi connectivity index (χ2v) is 4.54. The van der Waals surface area contributed by atoms with Crippen molar-refractivity contribution < 1.29 is 0 Å². The molecule has 0 aliphatic rings. The minimum Gasteiger partial charge on any atom is -0.237 e. The average molecular weight is 293 g/mol. The quantitative estimate of drug-likeness (QED) is 0.627. The Hall–Kier alpha value is -1.30. The van der Waals surface area contributed by atoms with Crippen molar-refractivity contribution in [3.8, 4) is 11.1 Å². The second-order valence-electron chi connectivity index (χ2n) is 3.25. The van der Waals surface area contributed by atoms with Crippen LogP contribution in [0.25, 0.3) is 16.0 Å². The predicted octanol–water partition coefficient (Wildman–Crippen LogP) is 5.32. The summed E-state index contributed by atoms with van der Waals surface area (Å²) < 4.78 is 0.920. The van der Waals surface area contributed by atoms with Gasteiger partial charge in [-0.05, 0) is 23.8 Å². The molecule has 1 nitrogen and oxygen atoms in total. The summed E-state index contributed by atoms with van der Waals surface area (Å²) in [5.74, 6) is 0. The van der Waals surface area contributed by atoms with Crippen molar-refractivity contribution in [3.05, 3.63) is 63.4 Å². The van der Waals surface area contributed by atoms with E-state index < -0.39 is 0 Å². The SMILES string of the molecule is [C-]#[N+]c1cccc(Br)c1-c1ccc(Cl)cc1. The highest BCUT2D eigenvalue weighted by Crippen LogP contribution is 2.37. The van der Waals surface area contributed by atoms with E-state index in [9.17, 15) is 0 Å². The van der Waals surface area contributed by atoms with Gasteiger partial charge in [0.2, 0.25) is 0 Å². The summed E-state index contributed by atoms with van der Waals surface area (Å²) >= 11 is 9.31. The van der Waals surface area contributed by atoms with Crippen LogP contribution in [0.2, 0.25) is 5.02 Å². The first-order valence-corrected chi connectivity index (χ1v) is 5.81. The van der Waals surface area contributed by atoms with Crippen LogP contribution in [0.3, 0.4) is 0 Å². The molecule has 0 saturated carbocycles. The minimum atomic E-state index is 0.636. The Morgan fingerprint density at radius 2 is 1.75 bits per heavy atom. The summed E-state index contributed by atoms with van der Waals surface area (Å²) in [7, 11) is 0. The van der Waals surface area contributed by atoms with Crippen LogP contribution in [0.5, 0.6) is 0 Å². The Morgan fingerprint density at radius 3 is 2.38 bits per heavy atom.